The summed E-state index contributed by atoms with van der Waals surface area (Å²) in [6.45, 7) is 6.12. The van der Waals surface area contributed by atoms with E-state index in [1.807, 2.05) is 13.8 Å². The maximum Gasteiger partial charge on any atom is 0.303 e. The molecule has 0 spiro atoms. The smallest absolute Gasteiger partial charge is 0.303 e. The van der Waals surface area contributed by atoms with Gasteiger partial charge in [-0.3, -0.25) is 24.0 Å². The molecule has 1 aromatic rings. The molecule has 2 rings (SSSR count). The number of ether oxygens (including phenoxy) is 4. The molecule has 1 aromatic carbocycles. The minimum absolute atomic E-state index is 0.000233. The Balaban J connectivity index is 2.45. The molecule has 1 aliphatic rings. The molecule has 15 heteroatoms. The van der Waals surface area contributed by atoms with Gasteiger partial charge in [0.15, 0.2) is 47.7 Å². The van der Waals surface area contributed by atoms with Crippen molar-refractivity contribution < 1.29 is 60.5 Å². The Labute approximate surface area is 264 Å². The molecule has 0 saturated carbocycles. The van der Waals surface area contributed by atoms with Crippen LogP contribution in [-0.2, 0) is 49.5 Å². The van der Waals surface area contributed by atoms with Crippen LogP contribution < -0.4 is 5.32 Å². The van der Waals surface area contributed by atoms with Crippen LogP contribution in [0.5, 0.6) is 0 Å². The molecule has 1 unspecified atom stereocenters. The molecule has 0 aliphatic carbocycles. The molecule has 46 heavy (non-hydrogen) atoms. The van der Waals surface area contributed by atoms with Gasteiger partial charge in [0.05, 0.1) is 6.54 Å². The van der Waals surface area contributed by atoms with Crippen molar-refractivity contribution in [2.45, 2.75) is 97.3 Å². The first-order valence-electron chi connectivity index (χ1n) is 14.7. The number of nitrogens with one attached hydrogen (secondary N) is 1. The first-order valence-corrected chi connectivity index (χ1v) is 14.7. The molecule has 1 heterocycles. The average Bonchev–Trinajstić information content (AvgIpc) is 3.14. The molecule has 6 atom stereocenters. The molecular weight excluding hydrogens is 620 g/mol. The zero-order valence-electron chi connectivity index (χ0n) is 26.6. The van der Waals surface area contributed by atoms with Crippen molar-refractivity contribution in [1.82, 2.24) is 10.2 Å². The number of benzene rings is 1. The van der Waals surface area contributed by atoms with Crippen molar-refractivity contribution in [3.63, 3.8) is 0 Å². The number of allylic oxidation sites excluding steroid dienone is 1. The van der Waals surface area contributed by atoms with E-state index in [4.69, 9.17) is 18.9 Å². The molecule has 1 aliphatic heterocycles. The largest absolute Gasteiger partial charge is 0.455 e. The van der Waals surface area contributed by atoms with Crippen LogP contribution in [-0.4, -0.2) is 78.7 Å². The summed E-state index contributed by atoms with van der Waals surface area (Å²) in [7, 11) is 1.09. The van der Waals surface area contributed by atoms with E-state index in [1.54, 1.807) is 6.08 Å². The van der Waals surface area contributed by atoms with Crippen molar-refractivity contribution in [1.29, 1.82) is 0 Å². The third-order valence-electron chi connectivity index (χ3n) is 7.29. The van der Waals surface area contributed by atoms with Gasteiger partial charge in [0.25, 0.3) is 5.91 Å². The fraction of sp³-hybridized carbons (Fsp3) is 0.581. The maximum absolute atomic E-state index is 14.4. The van der Waals surface area contributed by atoms with Gasteiger partial charge in [-0.15, -0.1) is 0 Å². The topological polar surface area (TPSA) is 138 Å². The van der Waals surface area contributed by atoms with Crippen LogP contribution >= 0.6 is 0 Å². The van der Waals surface area contributed by atoms with E-state index in [0.29, 0.717) is 19.3 Å². The summed E-state index contributed by atoms with van der Waals surface area (Å²) in [5, 5.41) is 2.48. The van der Waals surface area contributed by atoms with Crippen molar-refractivity contribution in [2.24, 2.45) is 5.92 Å². The van der Waals surface area contributed by atoms with E-state index in [2.05, 4.69) is 5.32 Å². The first kappa shape index (κ1) is 38.2. The maximum atomic E-state index is 14.4. The summed E-state index contributed by atoms with van der Waals surface area (Å²) >= 11 is 0. The van der Waals surface area contributed by atoms with E-state index in [9.17, 15) is 41.5 Å². The Hall–Kier alpha value is -4.01. The molecule has 0 aromatic heterocycles. The molecule has 256 valence electrons. The van der Waals surface area contributed by atoms with Crippen LogP contribution in [0.4, 0.5) is 17.6 Å². The second-order valence-corrected chi connectivity index (χ2v) is 10.9. The van der Waals surface area contributed by atoms with Gasteiger partial charge in [-0.2, -0.15) is 0 Å². The summed E-state index contributed by atoms with van der Waals surface area (Å²) in [4.78, 5) is 64.4. The Morgan fingerprint density at radius 2 is 1.50 bits per heavy atom. The summed E-state index contributed by atoms with van der Waals surface area (Å²) in [5.74, 6) is -10.9. The molecule has 2 amide bonds. The number of hydrogen-bond donors (Lipinski definition) is 1. The van der Waals surface area contributed by atoms with Gasteiger partial charge in [-0.05, 0) is 31.3 Å². The number of amides is 2. The van der Waals surface area contributed by atoms with Gasteiger partial charge in [0.1, 0.15) is 6.04 Å². The van der Waals surface area contributed by atoms with Gasteiger partial charge < -0.3 is 29.2 Å². The van der Waals surface area contributed by atoms with Crippen molar-refractivity contribution in [3.8, 4) is 0 Å². The highest BCUT2D eigenvalue weighted by atomic mass is 19.2. The highest BCUT2D eigenvalue weighted by Crippen LogP contribution is 2.25. The van der Waals surface area contributed by atoms with Gasteiger partial charge in [-0.25, -0.2) is 17.6 Å². The number of esters is 3. The second kappa shape index (κ2) is 17.6. The normalized spacial score (nSPS) is 18.6. The molecule has 1 saturated heterocycles. The van der Waals surface area contributed by atoms with Gasteiger partial charge in [-0.1, -0.05) is 26.3 Å². The molecule has 0 radical (unpaired) electrons. The molecular formula is C31H40F4N2O9. The average molecular weight is 661 g/mol. The van der Waals surface area contributed by atoms with E-state index in [1.165, 1.54) is 6.08 Å². The predicted molar refractivity (Wildman–Crippen MR) is 154 cm³/mol. The Kier molecular flexibility index (Phi) is 14.6. The highest BCUT2D eigenvalue weighted by Gasteiger charge is 2.45. The monoisotopic (exact) mass is 660 g/mol. The van der Waals surface area contributed by atoms with Crippen molar-refractivity contribution >= 4 is 29.7 Å². The third kappa shape index (κ3) is 10.5. The van der Waals surface area contributed by atoms with Crippen LogP contribution in [0.1, 0.15) is 65.9 Å². The molecule has 11 nitrogen and oxygen atoms in total. The lowest BCUT2D eigenvalue weighted by atomic mass is 9.98. The lowest BCUT2D eigenvalue weighted by Gasteiger charge is -2.34. The number of nitrogens with zero attached hydrogens (tertiary/aromatic N) is 1. The summed E-state index contributed by atoms with van der Waals surface area (Å²) in [6.07, 6.45) is -1.76. The van der Waals surface area contributed by atoms with Crippen LogP contribution in [0.3, 0.4) is 0 Å². The summed E-state index contributed by atoms with van der Waals surface area (Å²) in [5.41, 5.74) is -0.992. The number of rotatable bonds is 14. The number of hydrogen-bond acceptors (Lipinski definition) is 9. The minimum atomic E-state index is -1.74. The van der Waals surface area contributed by atoms with E-state index in [0.717, 1.165) is 32.8 Å². The lowest BCUT2D eigenvalue weighted by Crippen LogP contribution is -2.58. The number of methoxy groups -OCH3 is 1. The van der Waals surface area contributed by atoms with Crippen LogP contribution in [0.2, 0.25) is 0 Å². The van der Waals surface area contributed by atoms with Crippen LogP contribution in [0.15, 0.2) is 18.2 Å². The van der Waals surface area contributed by atoms with Gasteiger partial charge >= 0.3 is 17.9 Å². The zero-order chi connectivity index (χ0) is 34.7. The lowest BCUT2D eigenvalue weighted by molar-refractivity contribution is -0.192. The SMILES string of the molecule is CCC(C)C=C[C@@H](OC(C)=O)[C@H](OC(C)=O)[C@@H](OC(C)=O)[C@@H](OC)C(=O)N[C@H]1CCCCN(Cc2c(F)c(F)cc(F)c2F)C1=O. The Morgan fingerprint density at radius 1 is 0.935 bits per heavy atom. The summed E-state index contributed by atoms with van der Waals surface area (Å²) < 4.78 is 78.0. The fourth-order valence-electron chi connectivity index (χ4n) is 4.84. The first-order chi connectivity index (χ1) is 21.6. The van der Waals surface area contributed by atoms with E-state index >= 15 is 0 Å². The fourth-order valence-corrected chi connectivity index (χ4v) is 4.84. The van der Waals surface area contributed by atoms with Crippen molar-refractivity contribution in [2.75, 3.05) is 13.7 Å². The van der Waals surface area contributed by atoms with Gasteiger partial charge in [0.2, 0.25) is 5.91 Å². The second-order valence-electron chi connectivity index (χ2n) is 10.9. The van der Waals surface area contributed by atoms with Gasteiger partial charge in [0, 0.05) is 46.1 Å². The summed E-state index contributed by atoms with van der Waals surface area (Å²) in [6, 6.07) is -1.24. The third-order valence-corrected chi connectivity index (χ3v) is 7.29. The highest BCUT2D eigenvalue weighted by molar-refractivity contribution is 5.90. The number of likely N-dealkylation sites (tertiary alicyclic amines) is 1. The van der Waals surface area contributed by atoms with Crippen LogP contribution in [0, 0.1) is 29.2 Å². The minimum Gasteiger partial charge on any atom is -0.455 e. The predicted octanol–water partition coefficient (Wildman–Crippen LogP) is 3.65. The quantitative estimate of drug-likeness (QED) is 0.104. The number of carbonyl (C=O) groups excluding carboxylic acids is 5. The Morgan fingerprint density at radius 3 is 2.02 bits per heavy atom. The van der Waals surface area contributed by atoms with E-state index in [-0.39, 0.29) is 24.9 Å². The zero-order valence-corrected chi connectivity index (χ0v) is 26.6. The number of halogens is 4. The van der Waals surface area contributed by atoms with Crippen molar-refractivity contribution in [3.05, 3.63) is 47.1 Å². The standard InChI is InChI=1S/C31H40F4N2O9/c1-7-16(2)11-12-24(44-17(3)38)27(45-18(4)39)28(46-19(5)40)29(43-6)30(41)36-23-10-8-9-13-37(31(23)42)15-20-25(34)21(32)14-22(33)26(20)35/h11-12,14,16,23-24,27-29H,7-10,13,15H2,1-6H3,(H,36,41)/t16?,23-,24+,27-,28+,29+/m0/s1. The van der Waals surface area contributed by atoms with Crippen LogP contribution in [0.25, 0.3) is 0 Å². The van der Waals surface area contributed by atoms with E-state index < -0.39 is 95.6 Å². The molecule has 1 fully saturated rings. The Bertz CT molecular complexity index is 1280. The molecule has 1 N–H and O–H groups in total. The number of carbonyl (C=O) groups is 5. The molecule has 0 bridgehead atoms.